The maximum absolute atomic E-state index is 12.3. The number of nitrogens with one attached hydrogen (secondary N) is 1. The minimum atomic E-state index is -1.03. The van der Waals surface area contributed by atoms with E-state index < -0.39 is 9.75 Å². The van der Waals surface area contributed by atoms with Crippen LogP contribution in [0, 0.1) is 5.41 Å². The fourth-order valence-corrected chi connectivity index (χ4v) is 3.53. The van der Waals surface area contributed by atoms with E-state index in [1.54, 1.807) is 25.7 Å². The molecule has 1 saturated carbocycles. The van der Waals surface area contributed by atoms with E-state index in [1.807, 2.05) is 30.5 Å². The predicted octanol–water partition coefficient (Wildman–Crippen LogP) is 3.39. The lowest BCUT2D eigenvalue weighted by molar-refractivity contribution is -0.137. The van der Waals surface area contributed by atoms with Gasteiger partial charge in [0.15, 0.2) is 0 Å². The number of carbonyl (C=O) groups excluding carboxylic acids is 2. The summed E-state index contributed by atoms with van der Waals surface area (Å²) in [6.45, 7) is 1.67. The first-order valence-corrected chi connectivity index (χ1v) is 8.75. The largest absolute Gasteiger partial charge is 0.336 e. The molecule has 0 radical (unpaired) electrons. The highest BCUT2D eigenvalue weighted by atomic mass is 35.5. The SMILES string of the molecule is CSc1ccccc1NC(=O)CN(C)C(=O)C1(C)CC1(Cl)Cl. The van der Waals surface area contributed by atoms with Gasteiger partial charge in [0.25, 0.3) is 0 Å². The third-order valence-electron chi connectivity index (χ3n) is 3.84. The van der Waals surface area contributed by atoms with Crippen molar-refractivity contribution in [3.05, 3.63) is 24.3 Å². The molecule has 1 unspecified atom stereocenters. The van der Waals surface area contributed by atoms with Crippen LogP contribution < -0.4 is 5.32 Å². The molecular formula is C15H18Cl2N2O2S. The molecule has 0 bridgehead atoms. The fourth-order valence-electron chi connectivity index (χ4n) is 2.28. The van der Waals surface area contributed by atoms with Crippen LogP contribution in [-0.4, -0.2) is 40.9 Å². The van der Waals surface area contributed by atoms with Crippen LogP contribution in [0.3, 0.4) is 0 Å². The summed E-state index contributed by atoms with van der Waals surface area (Å²) >= 11 is 13.6. The molecule has 1 aromatic rings. The minimum Gasteiger partial charge on any atom is -0.336 e. The topological polar surface area (TPSA) is 49.4 Å². The quantitative estimate of drug-likeness (QED) is 0.646. The molecule has 22 heavy (non-hydrogen) atoms. The predicted molar refractivity (Wildman–Crippen MR) is 91.7 cm³/mol. The van der Waals surface area contributed by atoms with E-state index in [-0.39, 0.29) is 18.4 Å². The summed E-state index contributed by atoms with van der Waals surface area (Å²) in [7, 11) is 1.58. The molecule has 1 atom stereocenters. The number of thioether (sulfide) groups is 1. The first-order chi connectivity index (χ1) is 10.2. The van der Waals surface area contributed by atoms with Crippen LogP contribution in [0.25, 0.3) is 0 Å². The number of hydrogen-bond donors (Lipinski definition) is 1. The summed E-state index contributed by atoms with van der Waals surface area (Å²) in [6, 6.07) is 7.52. The molecule has 0 heterocycles. The van der Waals surface area contributed by atoms with E-state index in [2.05, 4.69) is 5.32 Å². The zero-order valence-electron chi connectivity index (χ0n) is 12.7. The Kier molecular flexibility index (Phi) is 5.00. The number of rotatable bonds is 5. The number of benzene rings is 1. The number of nitrogens with zero attached hydrogens (tertiary/aromatic N) is 1. The molecule has 0 aromatic heterocycles. The molecule has 120 valence electrons. The van der Waals surface area contributed by atoms with Crippen LogP contribution in [0.2, 0.25) is 0 Å². The highest BCUT2D eigenvalue weighted by Crippen LogP contribution is 2.64. The third kappa shape index (κ3) is 3.36. The van der Waals surface area contributed by atoms with Crippen LogP contribution in [0.5, 0.6) is 0 Å². The summed E-state index contributed by atoms with van der Waals surface area (Å²) in [6.07, 6.45) is 2.35. The van der Waals surface area contributed by atoms with Crippen molar-refractivity contribution >= 4 is 52.5 Å². The lowest BCUT2D eigenvalue weighted by Crippen LogP contribution is -2.40. The summed E-state index contributed by atoms with van der Waals surface area (Å²) in [4.78, 5) is 26.8. The van der Waals surface area contributed by atoms with Crippen molar-refractivity contribution in [1.82, 2.24) is 4.90 Å². The van der Waals surface area contributed by atoms with Crippen molar-refractivity contribution in [1.29, 1.82) is 0 Å². The fraction of sp³-hybridized carbons (Fsp3) is 0.467. The zero-order chi connectivity index (χ0) is 16.5. The molecule has 1 fully saturated rings. The van der Waals surface area contributed by atoms with Crippen LogP contribution >= 0.6 is 35.0 Å². The molecule has 1 aliphatic rings. The van der Waals surface area contributed by atoms with Crippen molar-refractivity contribution in [2.75, 3.05) is 25.2 Å². The van der Waals surface area contributed by atoms with Gasteiger partial charge in [-0.2, -0.15) is 0 Å². The molecule has 1 N–H and O–H groups in total. The average molecular weight is 361 g/mol. The third-order valence-corrected chi connectivity index (χ3v) is 5.74. The van der Waals surface area contributed by atoms with Crippen LogP contribution in [0.4, 0.5) is 5.69 Å². The Morgan fingerprint density at radius 2 is 1.95 bits per heavy atom. The second-order valence-corrected chi connectivity index (χ2v) is 7.95. The smallest absolute Gasteiger partial charge is 0.244 e. The van der Waals surface area contributed by atoms with Gasteiger partial charge < -0.3 is 10.2 Å². The van der Waals surface area contributed by atoms with E-state index in [0.29, 0.717) is 6.42 Å². The zero-order valence-corrected chi connectivity index (χ0v) is 15.0. The van der Waals surface area contributed by atoms with Gasteiger partial charge in [-0.15, -0.1) is 35.0 Å². The molecule has 4 nitrogen and oxygen atoms in total. The minimum absolute atomic E-state index is 0.0407. The van der Waals surface area contributed by atoms with Crippen LogP contribution in [-0.2, 0) is 9.59 Å². The van der Waals surface area contributed by atoms with Crippen LogP contribution in [0.1, 0.15) is 13.3 Å². The second kappa shape index (κ2) is 6.30. The van der Waals surface area contributed by atoms with Crippen molar-refractivity contribution in [2.45, 2.75) is 22.6 Å². The molecule has 0 saturated heterocycles. The highest BCUT2D eigenvalue weighted by Gasteiger charge is 2.68. The van der Waals surface area contributed by atoms with Gasteiger partial charge in [0.05, 0.1) is 17.6 Å². The van der Waals surface area contributed by atoms with Gasteiger partial charge >= 0.3 is 0 Å². The summed E-state index contributed by atoms with van der Waals surface area (Å²) in [5.41, 5.74) is -0.0648. The highest BCUT2D eigenvalue weighted by molar-refractivity contribution is 7.98. The van der Waals surface area contributed by atoms with E-state index in [0.717, 1.165) is 10.6 Å². The number of carbonyl (C=O) groups is 2. The molecule has 0 aliphatic heterocycles. The molecule has 2 amide bonds. The molecule has 0 spiro atoms. The number of likely N-dealkylation sites (N-methyl/N-ethyl adjacent to an activating group) is 1. The number of hydrogen-bond acceptors (Lipinski definition) is 3. The van der Waals surface area contributed by atoms with Crippen molar-refractivity contribution in [3.63, 3.8) is 0 Å². The molecule has 7 heteroatoms. The Labute approximate surface area is 144 Å². The normalized spacial score (nSPS) is 22.0. The Balaban J connectivity index is 1.96. The van der Waals surface area contributed by atoms with E-state index >= 15 is 0 Å². The number of halogens is 2. The standard InChI is InChI=1S/C15H18Cl2N2O2S/c1-14(9-15(14,16)17)13(21)19(2)8-12(20)18-10-6-4-5-7-11(10)22-3/h4-7H,8-9H2,1-3H3,(H,18,20). The first-order valence-electron chi connectivity index (χ1n) is 6.77. The van der Waals surface area contributed by atoms with E-state index in [9.17, 15) is 9.59 Å². The number of alkyl halides is 2. The van der Waals surface area contributed by atoms with E-state index in [1.165, 1.54) is 4.90 Å². The summed E-state index contributed by atoms with van der Waals surface area (Å²) in [5.74, 6) is -0.470. The monoisotopic (exact) mass is 360 g/mol. The van der Waals surface area contributed by atoms with Crippen molar-refractivity contribution < 1.29 is 9.59 Å². The van der Waals surface area contributed by atoms with Gasteiger partial charge in [0, 0.05) is 11.9 Å². The molecular weight excluding hydrogens is 343 g/mol. The summed E-state index contributed by atoms with van der Waals surface area (Å²) < 4.78 is -1.03. The lowest BCUT2D eigenvalue weighted by Gasteiger charge is -2.22. The van der Waals surface area contributed by atoms with Gasteiger partial charge in [0.1, 0.15) is 4.33 Å². The summed E-state index contributed by atoms with van der Waals surface area (Å²) in [5, 5.41) is 2.82. The first kappa shape index (κ1) is 17.4. The maximum Gasteiger partial charge on any atom is 0.244 e. The second-order valence-electron chi connectivity index (χ2n) is 5.62. The van der Waals surface area contributed by atoms with Gasteiger partial charge in [0.2, 0.25) is 11.8 Å². The van der Waals surface area contributed by atoms with Gasteiger partial charge in [-0.3, -0.25) is 9.59 Å². The van der Waals surface area contributed by atoms with E-state index in [4.69, 9.17) is 23.2 Å². The van der Waals surface area contributed by atoms with Crippen molar-refractivity contribution in [2.24, 2.45) is 5.41 Å². The Morgan fingerprint density at radius 1 is 1.36 bits per heavy atom. The Morgan fingerprint density at radius 3 is 2.50 bits per heavy atom. The maximum atomic E-state index is 12.3. The molecule has 1 aliphatic carbocycles. The Hall–Kier alpha value is -0.910. The Bertz CT molecular complexity index is 609. The average Bonchev–Trinajstić information content (AvgIpc) is 2.98. The number of amides is 2. The van der Waals surface area contributed by atoms with Gasteiger partial charge in [-0.25, -0.2) is 0 Å². The lowest BCUT2D eigenvalue weighted by atomic mass is 10.1. The van der Waals surface area contributed by atoms with Crippen molar-refractivity contribution in [3.8, 4) is 0 Å². The number of anilines is 1. The molecule has 1 aromatic carbocycles. The van der Waals surface area contributed by atoms with Crippen LogP contribution in [0.15, 0.2) is 29.2 Å². The number of para-hydroxylation sites is 1. The molecule has 2 rings (SSSR count). The van der Waals surface area contributed by atoms with Gasteiger partial charge in [-0.1, -0.05) is 12.1 Å². The van der Waals surface area contributed by atoms with Gasteiger partial charge in [-0.05, 0) is 31.7 Å².